The SMILES string of the molecule is CC(C)C(CO)N1CCC1. The van der Waals surface area contributed by atoms with Gasteiger partial charge >= 0.3 is 0 Å². The molecule has 0 spiro atoms. The van der Waals surface area contributed by atoms with Crippen LogP contribution in [0, 0.1) is 5.92 Å². The van der Waals surface area contributed by atoms with Gasteiger partial charge in [0.15, 0.2) is 0 Å². The lowest BCUT2D eigenvalue weighted by molar-refractivity contribution is 0.0452. The Balaban J connectivity index is 2.31. The van der Waals surface area contributed by atoms with Gasteiger partial charge in [0, 0.05) is 6.04 Å². The maximum absolute atomic E-state index is 8.99. The first-order valence-corrected chi connectivity index (χ1v) is 4.10. The van der Waals surface area contributed by atoms with Gasteiger partial charge < -0.3 is 5.11 Å². The van der Waals surface area contributed by atoms with Crippen LogP contribution in [0.4, 0.5) is 0 Å². The van der Waals surface area contributed by atoms with E-state index in [1.807, 2.05) is 0 Å². The number of hydrogen-bond donors (Lipinski definition) is 1. The van der Waals surface area contributed by atoms with Crippen molar-refractivity contribution in [3.05, 3.63) is 0 Å². The Morgan fingerprint density at radius 1 is 1.40 bits per heavy atom. The molecule has 60 valence electrons. The summed E-state index contributed by atoms with van der Waals surface area (Å²) in [6, 6.07) is 0.411. The van der Waals surface area contributed by atoms with Crippen LogP contribution in [-0.4, -0.2) is 35.7 Å². The third-order valence-electron chi connectivity index (χ3n) is 2.32. The van der Waals surface area contributed by atoms with E-state index in [1.54, 1.807) is 0 Å². The zero-order chi connectivity index (χ0) is 7.56. The molecule has 0 aromatic carbocycles. The summed E-state index contributed by atoms with van der Waals surface area (Å²) in [5.74, 6) is 0.588. The van der Waals surface area contributed by atoms with Crippen molar-refractivity contribution in [2.45, 2.75) is 26.3 Å². The van der Waals surface area contributed by atoms with E-state index in [9.17, 15) is 0 Å². The number of hydrogen-bond acceptors (Lipinski definition) is 2. The van der Waals surface area contributed by atoms with Crippen LogP contribution in [-0.2, 0) is 0 Å². The van der Waals surface area contributed by atoms with Crippen LogP contribution < -0.4 is 0 Å². The Kier molecular flexibility index (Phi) is 2.69. The number of aliphatic hydroxyl groups excluding tert-OH is 1. The molecule has 1 aliphatic heterocycles. The smallest absolute Gasteiger partial charge is 0.0589 e. The Morgan fingerprint density at radius 2 is 2.00 bits per heavy atom. The first-order chi connectivity index (χ1) is 4.75. The normalized spacial score (nSPS) is 22.8. The highest BCUT2D eigenvalue weighted by Crippen LogP contribution is 2.16. The van der Waals surface area contributed by atoms with Gasteiger partial charge in [-0.05, 0) is 25.4 Å². The summed E-state index contributed by atoms with van der Waals surface area (Å²) in [6.45, 7) is 7.02. The highest BCUT2D eigenvalue weighted by Gasteiger charge is 2.25. The molecule has 0 aromatic heterocycles. The molecule has 10 heavy (non-hydrogen) atoms. The van der Waals surface area contributed by atoms with Gasteiger partial charge in [0.1, 0.15) is 0 Å². The van der Waals surface area contributed by atoms with Crippen LogP contribution in [0.15, 0.2) is 0 Å². The van der Waals surface area contributed by atoms with E-state index in [-0.39, 0.29) is 0 Å². The number of rotatable bonds is 3. The number of likely N-dealkylation sites (tertiary alicyclic amines) is 1. The average Bonchev–Trinajstić information content (AvgIpc) is 1.76. The molecule has 0 aliphatic carbocycles. The highest BCUT2D eigenvalue weighted by atomic mass is 16.3. The minimum absolute atomic E-state index is 0.317. The number of aliphatic hydroxyl groups is 1. The van der Waals surface area contributed by atoms with Crippen molar-refractivity contribution in [3.8, 4) is 0 Å². The predicted molar refractivity (Wildman–Crippen MR) is 41.9 cm³/mol. The van der Waals surface area contributed by atoms with Crippen molar-refractivity contribution in [2.24, 2.45) is 5.92 Å². The average molecular weight is 143 g/mol. The third kappa shape index (κ3) is 1.50. The Morgan fingerprint density at radius 3 is 2.10 bits per heavy atom. The Labute approximate surface area is 62.8 Å². The lowest BCUT2D eigenvalue weighted by Gasteiger charge is -2.39. The minimum atomic E-state index is 0.317. The molecule has 1 unspecified atom stereocenters. The van der Waals surface area contributed by atoms with Crippen molar-refractivity contribution in [2.75, 3.05) is 19.7 Å². The van der Waals surface area contributed by atoms with E-state index in [2.05, 4.69) is 18.7 Å². The number of nitrogens with zero attached hydrogens (tertiary/aromatic N) is 1. The van der Waals surface area contributed by atoms with E-state index >= 15 is 0 Å². The maximum Gasteiger partial charge on any atom is 0.0589 e. The van der Waals surface area contributed by atoms with Crippen molar-refractivity contribution in [1.29, 1.82) is 0 Å². The van der Waals surface area contributed by atoms with Crippen molar-refractivity contribution in [3.63, 3.8) is 0 Å². The van der Waals surface area contributed by atoms with Crippen molar-refractivity contribution < 1.29 is 5.11 Å². The molecule has 2 heteroatoms. The zero-order valence-corrected chi connectivity index (χ0v) is 6.88. The van der Waals surface area contributed by atoms with Crippen LogP contribution in [0.1, 0.15) is 20.3 Å². The summed E-state index contributed by atoms with van der Waals surface area (Å²) in [6.07, 6.45) is 1.31. The standard InChI is InChI=1S/C8H17NO/c1-7(2)8(6-10)9-4-3-5-9/h7-8,10H,3-6H2,1-2H3. The molecule has 2 nitrogen and oxygen atoms in total. The van der Waals surface area contributed by atoms with Gasteiger partial charge in [0.05, 0.1) is 6.61 Å². The molecule has 1 rings (SSSR count). The van der Waals surface area contributed by atoms with Gasteiger partial charge in [0.25, 0.3) is 0 Å². The van der Waals surface area contributed by atoms with Crippen LogP contribution in [0.25, 0.3) is 0 Å². The summed E-state index contributed by atoms with van der Waals surface area (Å²) in [7, 11) is 0. The molecule has 1 atom stereocenters. The first kappa shape index (κ1) is 8.02. The predicted octanol–water partition coefficient (Wildman–Crippen LogP) is 0.709. The molecule has 1 aliphatic rings. The fourth-order valence-electron chi connectivity index (χ4n) is 1.42. The van der Waals surface area contributed by atoms with Crippen LogP contribution in [0.3, 0.4) is 0 Å². The second-order valence-electron chi connectivity index (χ2n) is 3.38. The third-order valence-corrected chi connectivity index (χ3v) is 2.32. The highest BCUT2D eigenvalue weighted by molar-refractivity contribution is 4.79. The van der Waals surface area contributed by atoms with Crippen LogP contribution in [0.5, 0.6) is 0 Å². The second-order valence-corrected chi connectivity index (χ2v) is 3.38. The molecule has 0 saturated carbocycles. The van der Waals surface area contributed by atoms with Gasteiger partial charge in [-0.1, -0.05) is 13.8 Å². The molecule has 1 N–H and O–H groups in total. The van der Waals surface area contributed by atoms with Crippen molar-refractivity contribution >= 4 is 0 Å². The molecular weight excluding hydrogens is 126 g/mol. The van der Waals surface area contributed by atoms with E-state index in [4.69, 9.17) is 5.11 Å². The van der Waals surface area contributed by atoms with Crippen molar-refractivity contribution in [1.82, 2.24) is 4.90 Å². The summed E-state index contributed by atoms with van der Waals surface area (Å²) in [4.78, 5) is 2.35. The maximum atomic E-state index is 8.99. The van der Waals surface area contributed by atoms with Gasteiger partial charge in [-0.2, -0.15) is 0 Å². The van der Waals surface area contributed by atoms with Crippen LogP contribution >= 0.6 is 0 Å². The molecule has 0 amide bonds. The lowest BCUT2D eigenvalue weighted by atomic mass is 10.00. The first-order valence-electron chi connectivity index (χ1n) is 4.10. The minimum Gasteiger partial charge on any atom is -0.395 e. The topological polar surface area (TPSA) is 23.5 Å². The van der Waals surface area contributed by atoms with E-state index in [0.29, 0.717) is 18.6 Å². The molecule has 0 aromatic rings. The van der Waals surface area contributed by atoms with Gasteiger partial charge in [-0.15, -0.1) is 0 Å². The van der Waals surface area contributed by atoms with E-state index in [0.717, 1.165) is 0 Å². The monoisotopic (exact) mass is 143 g/mol. The Bertz CT molecular complexity index is 99.4. The summed E-state index contributed by atoms with van der Waals surface area (Å²) in [5.41, 5.74) is 0. The van der Waals surface area contributed by atoms with Gasteiger partial charge in [-0.25, -0.2) is 0 Å². The lowest BCUT2D eigenvalue weighted by Crippen LogP contribution is -2.49. The molecule has 0 bridgehead atoms. The quantitative estimate of drug-likeness (QED) is 0.629. The largest absolute Gasteiger partial charge is 0.395 e. The summed E-state index contributed by atoms with van der Waals surface area (Å²) in [5, 5.41) is 8.99. The Hall–Kier alpha value is -0.0800. The van der Waals surface area contributed by atoms with E-state index in [1.165, 1.54) is 19.5 Å². The van der Waals surface area contributed by atoms with Gasteiger partial charge in [-0.3, -0.25) is 4.90 Å². The van der Waals surface area contributed by atoms with Crippen LogP contribution in [0.2, 0.25) is 0 Å². The summed E-state index contributed by atoms with van der Waals surface area (Å²) >= 11 is 0. The second kappa shape index (κ2) is 3.35. The fraction of sp³-hybridized carbons (Fsp3) is 1.00. The molecular formula is C8H17NO. The van der Waals surface area contributed by atoms with E-state index < -0.39 is 0 Å². The fourth-order valence-corrected chi connectivity index (χ4v) is 1.42. The molecule has 1 fully saturated rings. The molecule has 0 radical (unpaired) electrons. The molecule has 1 saturated heterocycles. The molecule has 1 heterocycles. The zero-order valence-electron chi connectivity index (χ0n) is 6.88. The summed E-state index contributed by atoms with van der Waals surface area (Å²) < 4.78 is 0. The van der Waals surface area contributed by atoms with Gasteiger partial charge in [0.2, 0.25) is 0 Å².